The molecule has 104 valence electrons. The van der Waals surface area contributed by atoms with E-state index in [-0.39, 0.29) is 10.0 Å². The number of halogens is 4. The minimum atomic E-state index is -4.49. The standard InChI is InChI=1S/C11H5ClF3N3S2/c1-5-7(3-16)9(18-20-5)19-10-8(12)2-6(4-17-10)11(13,14)15/h2,4H,1H3. The molecule has 2 aromatic rings. The zero-order valence-electron chi connectivity index (χ0n) is 9.82. The van der Waals surface area contributed by atoms with Crippen LogP contribution in [-0.2, 0) is 6.18 Å². The smallest absolute Gasteiger partial charge is 0.247 e. The number of hydrogen-bond donors (Lipinski definition) is 0. The maximum atomic E-state index is 12.5. The van der Waals surface area contributed by atoms with Crippen LogP contribution < -0.4 is 0 Å². The third kappa shape index (κ3) is 3.06. The van der Waals surface area contributed by atoms with Crippen molar-refractivity contribution in [3.05, 3.63) is 33.3 Å². The van der Waals surface area contributed by atoms with Crippen LogP contribution in [0.15, 0.2) is 22.3 Å². The molecule has 0 fully saturated rings. The van der Waals surface area contributed by atoms with Gasteiger partial charge < -0.3 is 0 Å². The highest BCUT2D eigenvalue weighted by molar-refractivity contribution is 7.99. The fraction of sp³-hybridized carbons (Fsp3) is 0.182. The van der Waals surface area contributed by atoms with E-state index in [2.05, 4.69) is 9.36 Å². The van der Waals surface area contributed by atoms with Crippen molar-refractivity contribution in [2.75, 3.05) is 0 Å². The predicted octanol–water partition coefficient (Wildman–Crippen LogP) is 4.54. The monoisotopic (exact) mass is 335 g/mol. The van der Waals surface area contributed by atoms with E-state index in [9.17, 15) is 13.2 Å². The average molecular weight is 336 g/mol. The van der Waals surface area contributed by atoms with Gasteiger partial charge in [0.2, 0.25) is 0 Å². The lowest BCUT2D eigenvalue weighted by Crippen LogP contribution is -2.05. The summed E-state index contributed by atoms with van der Waals surface area (Å²) in [6, 6.07) is 2.80. The molecule has 9 heteroatoms. The number of rotatable bonds is 2. The number of aryl methyl sites for hydroxylation is 1. The van der Waals surface area contributed by atoms with Crippen LogP contribution in [0.3, 0.4) is 0 Å². The van der Waals surface area contributed by atoms with Gasteiger partial charge in [-0.2, -0.15) is 22.8 Å². The molecule has 0 saturated carbocycles. The Labute approximate surface area is 125 Å². The lowest BCUT2D eigenvalue weighted by molar-refractivity contribution is -0.137. The molecule has 0 atom stereocenters. The molecule has 0 radical (unpaired) electrons. The number of nitriles is 1. The number of nitrogens with zero attached hydrogens (tertiary/aromatic N) is 3. The summed E-state index contributed by atoms with van der Waals surface area (Å²) in [6.45, 7) is 1.74. The van der Waals surface area contributed by atoms with Gasteiger partial charge in [0.25, 0.3) is 0 Å². The van der Waals surface area contributed by atoms with Gasteiger partial charge in [-0.05, 0) is 36.3 Å². The van der Waals surface area contributed by atoms with Crippen molar-refractivity contribution >= 4 is 34.9 Å². The molecule has 0 bridgehead atoms. The lowest BCUT2D eigenvalue weighted by atomic mass is 10.3. The first kappa shape index (κ1) is 15.1. The molecule has 0 N–H and O–H groups in total. The second kappa shape index (κ2) is 5.60. The highest BCUT2D eigenvalue weighted by Gasteiger charge is 2.31. The Bertz CT molecular complexity index is 691. The maximum absolute atomic E-state index is 12.5. The highest BCUT2D eigenvalue weighted by atomic mass is 35.5. The first-order valence-electron chi connectivity index (χ1n) is 5.10. The molecule has 0 unspecified atom stereocenters. The van der Waals surface area contributed by atoms with E-state index in [0.717, 1.165) is 34.2 Å². The molecular weight excluding hydrogens is 331 g/mol. The molecule has 0 aliphatic heterocycles. The molecule has 0 aliphatic carbocycles. The number of pyridine rings is 1. The summed E-state index contributed by atoms with van der Waals surface area (Å²) in [5, 5.41) is 9.44. The van der Waals surface area contributed by atoms with Gasteiger partial charge in [0, 0.05) is 11.1 Å². The summed E-state index contributed by atoms with van der Waals surface area (Å²) in [6.07, 6.45) is -3.78. The molecule has 0 saturated heterocycles. The Hall–Kier alpha value is -1.30. The fourth-order valence-electron chi connectivity index (χ4n) is 1.30. The fourth-order valence-corrected chi connectivity index (χ4v) is 3.19. The van der Waals surface area contributed by atoms with E-state index < -0.39 is 11.7 Å². The van der Waals surface area contributed by atoms with Gasteiger partial charge >= 0.3 is 6.18 Å². The first-order chi connectivity index (χ1) is 9.32. The molecular formula is C11H5ClF3N3S2. The van der Waals surface area contributed by atoms with Crippen LogP contribution in [0.25, 0.3) is 0 Å². The van der Waals surface area contributed by atoms with Gasteiger partial charge in [-0.25, -0.2) is 4.98 Å². The molecule has 2 rings (SSSR count). The van der Waals surface area contributed by atoms with Crippen molar-refractivity contribution in [2.24, 2.45) is 0 Å². The normalized spacial score (nSPS) is 11.4. The largest absolute Gasteiger partial charge is 0.417 e. The van der Waals surface area contributed by atoms with Crippen molar-refractivity contribution < 1.29 is 13.2 Å². The van der Waals surface area contributed by atoms with Gasteiger partial charge in [-0.1, -0.05) is 11.6 Å². The minimum Gasteiger partial charge on any atom is -0.247 e. The molecule has 0 amide bonds. The van der Waals surface area contributed by atoms with Crippen molar-refractivity contribution in [2.45, 2.75) is 23.2 Å². The summed E-state index contributed by atoms with van der Waals surface area (Å²) in [7, 11) is 0. The van der Waals surface area contributed by atoms with E-state index in [4.69, 9.17) is 16.9 Å². The quantitative estimate of drug-likeness (QED) is 0.808. The third-order valence-corrected chi connectivity index (χ3v) is 4.55. The van der Waals surface area contributed by atoms with E-state index in [1.165, 1.54) is 0 Å². The Balaban J connectivity index is 2.34. The van der Waals surface area contributed by atoms with E-state index in [0.29, 0.717) is 16.8 Å². The van der Waals surface area contributed by atoms with E-state index in [1.807, 2.05) is 6.07 Å². The van der Waals surface area contributed by atoms with Crippen LogP contribution in [0.4, 0.5) is 13.2 Å². The zero-order valence-corrected chi connectivity index (χ0v) is 12.2. The molecule has 2 heterocycles. The lowest BCUT2D eigenvalue weighted by Gasteiger charge is -2.08. The van der Waals surface area contributed by atoms with Crippen molar-refractivity contribution in [3.8, 4) is 6.07 Å². The summed E-state index contributed by atoms with van der Waals surface area (Å²) < 4.78 is 41.5. The van der Waals surface area contributed by atoms with Crippen LogP contribution in [0.2, 0.25) is 5.02 Å². The Morgan fingerprint density at radius 3 is 2.65 bits per heavy atom. The molecule has 0 spiro atoms. The molecule has 2 aromatic heterocycles. The second-order valence-corrected chi connectivity index (χ2v) is 6.00. The average Bonchev–Trinajstić information content (AvgIpc) is 2.71. The molecule has 0 aliphatic rings. The Morgan fingerprint density at radius 1 is 1.40 bits per heavy atom. The Kier molecular flexibility index (Phi) is 4.22. The maximum Gasteiger partial charge on any atom is 0.417 e. The van der Waals surface area contributed by atoms with Crippen molar-refractivity contribution in [3.63, 3.8) is 0 Å². The molecule has 3 nitrogen and oxygen atoms in total. The predicted molar refractivity (Wildman–Crippen MR) is 69.9 cm³/mol. The first-order valence-corrected chi connectivity index (χ1v) is 7.06. The van der Waals surface area contributed by atoms with Crippen LogP contribution >= 0.6 is 34.9 Å². The third-order valence-electron chi connectivity index (χ3n) is 2.27. The van der Waals surface area contributed by atoms with Crippen LogP contribution in [0, 0.1) is 18.3 Å². The second-order valence-electron chi connectivity index (χ2n) is 3.64. The molecule has 20 heavy (non-hydrogen) atoms. The van der Waals surface area contributed by atoms with Crippen molar-refractivity contribution in [1.82, 2.24) is 9.36 Å². The SMILES string of the molecule is Cc1snc(Sc2ncc(C(F)(F)F)cc2Cl)c1C#N. The van der Waals surface area contributed by atoms with Crippen LogP contribution in [-0.4, -0.2) is 9.36 Å². The summed E-state index contributed by atoms with van der Waals surface area (Å²) in [4.78, 5) is 4.43. The number of hydrogen-bond acceptors (Lipinski definition) is 5. The van der Waals surface area contributed by atoms with Crippen molar-refractivity contribution in [1.29, 1.82) is 5.26 Å². The molecule has 0 aromatic carbocycles. The minimum absolute atomic E-state index is 0.126. The topological polar surface area (TPSA) is 49.6 Å². The number of aromatic nitrogens is 2. The van der Waals surface area contributed by atoms with Crippen LogP contribution in [0.1, 0.15) is 16.0 Å². The van der Waals surface area contributed by atoms with Gasteiger partial charge in [0.1, 0.15) is 21.7 Å². The van der Waals surface area contributed by atoms with E-state index >= 15 is 0 Å². The Morgan fingerprint density at radius 2 is 2.10 bits per heavy atom. The zero-order chi connectivity index (χ0) is 14.9. The number of alkyl halides is 3. The summed E-state index contributed by atoms with van der Waals surface area (Å²) in [5.74, 6) is 0. The summed E-state index contributed by atoms with van der Waals surface area (Å²) >= 11 is 7.91. The van der Waals surface area contributed by atoms with Gasteiger partial charge in [-0.15, -0.1) is 0 Å². The van der Waals surface area contributed by atoms with Gasteiger partial charge in [0.15, 0.2) is 0 Å². The van der Waals surface area contributed by atoms with Gasteiger partial charge in [0.05, 0.1) is 10.6 Å². The van der Waals surface area contributed by atoms with E-state index in [1.54, 1.807) is 6.92 Å². The summed E-state index contributed by atoms with van der Waals surface area (Å²) in [5.41, 5.74) is -0.528. The van der Waals surface area contributed by atoms with Gasteiger partial charge in [-0.3, -0.25) is 0 Å². The van der Waals surface area contributed by atoms with Crippen LogP contribution in [0.5, 0.6) is 0 Å². The highest BCUT2D eigenvalue weighted by Crippen LogP contribution is 2.37.